The number of methoxy groups -OCH3 is 1. The Morgan fingerprint density at radius 1 is 1.06 bits per heavy atom. The van der Waals surface area contributed by atoms with Crippen LogP contribution in [0, 0.1) is 11.6 Å². The number of amides is 2. The molecule has 4 rings (SSSR count). The van der Waals surface area contributed by atoms with Crippen LogP contribution in [-0.2, 0) is 26.0 Å². The van der Waals surface area contributed by atoms with Crippen molar-refractivity contribution < 1.29 is 40.3 Å². The minimum absolute atomic E-state index is 0.0140. The normalized spacial score (nSPS) is 18.3. The van der Waals surface area contributed by atoms with E-state index in [1.54, 1.807) is 19.1 Å². The molecule has 1 aliphatic heterocycles. The molecule has 3 N–H and O–H groups in total. The summed E-state index contributed by atoms with van der Waals surface area (Å²) in [6.07, 6.45) is 0.517. The summed E-state index contributed by atoms with van der Waals surface area (Å²) in [4.78, 5) is 26.6. The van der Waals surface area contributed by atoms with Gasteiger partial charge in [0.05, 0.1) is 18.0 Å². The number of ether oxygens (including phenoxy) is 1. The molecule has 0 aliphatic carbocycles. The smallest absolute Gasteiger partial charge is 0.407 e. The molecule has 15 heteroatoms. The summed E-state index contributed by atoms with van der Waals surface area (Å²) in [7, 11) is -3.01. The minimum atomic E-state index is -4.06. The number of nitrogens with one attached hydrogen (secondary N) is 3. The maximum absolute atomic E-state index is 15.5. The zero-order chi connectivity index (χ0) is 38.2. The van der Waals surface area contributed by atoms with Crippen LogP contribution in [0.2, 0.25) is 5.02 Å². The molecule has 3 aromatic rings. The molecule has 1 fully saturated rings. The summed E-state index contributed by atoms with van der Waals surface area (Å²) in [5.74, 6) is -5.35. The Hall–Kier alpha value is -4.50. The second-order valence-corrected chi connectivity index (χ2v) is 14.4. The molecule has 0 radical (unpaired) electrons. The molecule has 52 heavy (non-hydrogen) atoms. The number of benzene rings is 3. The molecule has 3 aromatic carbocycles. The fraction of sp³-hybridized carbons (Fsp3) is 0.297. The fourth-order valence-corrected chi connectivity index (χ4v) is 8.50. The molecule has 1 aliphatic rings. The molecule has 1 saturated heterocycles. The largest absolute Gasteiger partial charge is 0.453 e. The fourth-order valence-electron chi connectivity index (χ4n) is 6.16. The predicted octanol–water partition coefficient (Wildman–Crippen LogP) is 7.33. The highest BCUT2D eigenvalue weighted by molar-refractivity contribution is 7.89. The summed E-state index contributed by atoms with van der Waals surface area (Å²) in [5.41, 5.74) is 0.190. The maximum Gasteiger partial charge on any atom is 0.407 e. The average molecular weight is 763 g/mol. The first kappa shape index (κ1) is 40.3. The number of nitrogens with zero attached hydrogens (tertiary/aromatic N) is 1. The van der Waals surface area contributed by atoms with Crippen LogP contribution < -0.4 is 16.0 Å². The Bertz CT molecular complexity index is 1960. The average Bonchev–Trinajstić information content (AvgIpc) is 3.08. The van der Waals surface area contributed by atoms with Gasteiger partial charge in [0, 0.05) is 48.4 Å². The van der Waals surface area contributed by atoms with Gasteiger partial charge in [-0.05, 0) is 80.3 Å². The number of sulfonamides is 1. The molecular weight excluding hydrogens is 724 g/mol. The molecule has 278 valence electrons. The first-order chi connectivity index (χ1) is 24.6. The number of alkyl carbamates (subject to hydrolysis) is 1. The monoisotopic (exact) mass is 762 g/mol. The van der Waals surface area contributed by atoms with Crippen LogP contribution in [0.25, 0.3) is 0 Å². The first-order valence-corrected chi connectivity index (χ1v) is 18.0. The lowest BCUT2D eigenvalue weighted by molar-refractivity contribution is -0.118. The van der Waals surface area contributed by atoms with Gasteiger partial charge in [-0.15, -0.1) is 0 Å². The van der Waals surface area contributed by atoms with Gasteiger partial charge in [-0.2, -0.15) is 4.31 Å². The second-order valence-electron chi connectivity index (χ2n) is 12.2. The van der Waals surface area contributed by atoms with Crippen molar-refractivity contribution in [3.63, 3.8) is 0 Å². The van der Waals surface area contributed by atoms with Gasteiger partial charge in [-0.3, -0.25) is 4.79 Å². The van der Waals surface area contributed by atoms with E-state index in [4.69, 9.17) is 16.3 Å². The molecule has 0 bridgehead atoms. The Morgan fingerprint density at radius 2 is 1.75 bits per heavy atom. The minimum Gasteiger partial charge on any atom is -0.453 e. The van der Waals surface area contributed by atoms with E-state index >= 15 is 4.39 Å². The Kier molecular flexibility index (Phi) is 13.8. The molecule has 0 saturated carbocycles. The lowest BCUT2D eigenvalue weighted by Gasteiger charge is -2.40. The number of carbonyl (C=O) groups is 2. The summed E-state index contributed by atoms with van der Waals surface area (Å²) < 4.78 is 91.4. The van der Waals surface area contributed by atoms with Gasteiger partial charge in [0.1, 0.15) is 28.4 Å². The zero-order valence-corrected chi connectivity index (χ0v) is 30.2. The van der Waals surface area contributed by atoms with Gasteiger partial charge in [0.2, 0.25) is 15.9 Å². The third-order valence-corrected chi connectivity index (χ3v) is 11.0. The van der Waals surface area contributed by atoms with E-state index in [0.29, 0.717) is 12.6 Å². The first-order valence-electron chi connectivity index (χ1n) is 16.2. The topological polar surface area (TPSA) is 117 Å². The molecule has 2 amide bonds. The summed E-state index contributed by atoms with van der Waals surface area (Å²) >= 11 is 6.28. The SMILES string of the molecule is C=C(/C=C(F)\C=C(/C)F)[C@H](c1ccc(F)cc1)[C@H](NC(=O)OC)C(=O)Nc1cccc(F)c1CC[C@H]1CNC[C@H](C)N1S(=O)(=O)c1ccccc1Cl. The van der Waals surface area contributed by atoms with E-state index < -0.39 is 69.4 Å². The predicted molar refractivity (Wildman–Crippen MR) is 192 cm³/mol. The summed E-state index contributed by atoms with van der Waals surface area (Å²) in [5, 5.41) is 8.32. The van der Waals surface area contributed by atoms with Gasteiger partial charge in [0.15, 0.2) is 0 Å². The number of halogens is 5. The Morgan fingerprint density at radius 3 is 2.40 bits per heavy atom. The number of rotatable bonds is 13. The lowest BCUT2D eigenvalue weighted by Crippen LogP contribution is -2.58. The number of allylic oxidation sites excluding steroid dienone is 4. The molecule has 9 nitrogen and oxygen atoms in total. The van der Waals surface area contributed by atoms with E-state index in [-0.39, 0.29) is 51.7 Å². The number of hydrogen-bond acceptors (Lipinski definition) is 6. The molecule has 0 unspecified atom stereocenters. The van der Waals surface area contributed by atoms with E-state index in [9.17, 15) is 31.2 Å². The lowest BCUT2D eigenvalue weighted by atomic mass is 9.84. The second kappa shape index (κ2) is 17.8. The van der Waals surface area contributed by atoms with Gasteiger partial charge >= 0.3 is 6.09 Å². The van der Waals surface area contributed by atoms with Crippen LogP contribution in [0.15, 0.2) is 108 Å². The highest BCUT2D eigenvalue weighted by atomic mass is 35.5. The summed E-state index contributed by atoms with van der Waals surface area (Å²) in [6, 6.07) is 12.2. The van der Waals surface area contributed by atoms with Gasteiger partial charge in [0.25, 0.3) is 0 Å². The highest BCUT2D eigenvalue weighted by Crippen LogP contribution is 2.33. The Labute approximate surface area is 305 Å². The third kappa shape index (κ3) is 9.88. The molecule has 1 heterocycles. The van der Waals surface area contributed by atoms with Crippen LogP contribution >= 0.6 is 11.6 Å². The van der Waals surface area contributed by atoms with E-state index in [0.717, 1.165) is 32.2 Å². The Balaban J connectivity index is 1.68. The van der Waals surface area contributed by atoms with Gasteiger partial charge < -0.3 is 20.7 Å². The number of carbonyl (C=O) groups excluding carboxylic acids is 2. The van der Waals surface area contributed by atoms with E-state index in [1.807, 2.05) is 0 Å². The molecule has 4 atom stereocenters. The van der Waals surface area contributed by atoms with Crippen molar-refractivity contribution >= 4 is 39.3 Å². The van der Waals surface area contributed by atoms with Crippen LogP contribution in [-0.4, -0.2) is 63.0 Å². The van der Waals surface area contributed by atoms with E-state index in [2.05, 4.69) is 22.5 Å². The van der Waals surface area contributed by atoms with Crippen LogP contribution in [0.4, 0.5) is 28.0 Å². The van der Waals surface area contributed by atoms with Crippen LogP contribution in [0.3, 0.4) is 0 Å². The summed E-state index contributed by atoms with van der Waals surface area (Å²) in [6.45, 7) is 7.27. The highest BCUT2D eigenvalue weighted by Gasteiger charge is 2.39. The maximum atomic E-state index is 15.5. The van der Waals surface area contributed by atoms with Crippen molar-refractivity contribution in [3.05, 3.63) is 130 Å². The quantitative estimate of drug-likeness (QED) is 0.124. The van der Waals surface area contributed by atoms with Gasteiger partial charge in [-0.1, -0.05) is 48.5 Å². The van der Waals surface area contributed by atoms with Crippen molar-refractivity contribution in [1.82, 2.24) is 14.9 Å². The molecule has 0 aromatic heterocycles. The van der Waals surface area contributed by atoms with Crippen molar-refractivity contribution in [3.8, 4) is 0 Å². The standard InChI is InChI=1S/C37H39ClF4N4O5S/c1-22(18-27(41)19-23(2)39)34(25-12-14-26(40)15-13-25)35(45-37(48)51-4)36(47)44-32-10-7-9-31(42)29(32)17-16-28-21-43-20-24(3)46(28)52(49,50)33-11-6-5-8-30(33)38/h5-15,18-19,24,28,34-35,43H,1,16-17,20-21H2,2-4H3,(H,44,47)(H,45,48)/b23-19+,27-18+/t24-,28-,34+,35-/m0/s1. The third-order valence-electron chi connectivity index (χ3n) is 8.47. The van der Waals surface area contributed by atoms with Crippen molar-refractivity contribution in [2.24, 2.45) is 0 Å². The van der Waals surface area contributed by atoms with Crippen molar-refractivity contribution in [1.29, 1.82) is 0 Å². The zero-order valence-electron chi connectivity index (χ0n) is 28.6. The van der Waals surface area contributed by atoms with Gasteiger partial charge in [-0.25, -0.2) is 30.8 Å². The number of hydrogen-bond donors (Lipinski definition) is 3. The van der Waals surface area contributed by atoms with Crippen molar-refractivity contribution in [2.45, 2.75) is 55.6 Å². The van der Waals surface area contributed by atoms with Crippen molar-refractivity contribution in [2.75, 3.05) is 25.5 Å². The van der Waals surface area contributed by atoms with E-state index in [1.165, 1.54) is 46.8 Å². The molecular formula is C37H39ClF4N4O5S. The number of piperazine rings is 1. The van der Waals surface area contributed by atoms with Crippen LogP contribution in [0.5, 0.6) is 0 Å². The number of anilines is 1. The van der Waals surface area contributed by atoms with Crippen LogP contribution in [0.1, 0.15) is 37.3 Å². The molecule has 0 spiro atoms.